The topological polar surface area (TPSA) is 82.9 Å². The largest absolute Gasteiger partial charge is 0.361 e. The van der Waals surface area contributed by atoms with Crippen LogP contribution in [0.5, 0.6) is 0 Å². The van der Waals surface area contributed by atoms with Crippen LogP contribution in [0.2, 0.25) is 0 Å². The Hall–Kier alpha value is -2.83. The van der Waals surface area contributed by atoms with Gasteiger partial charge < -0.3 is 20.2 Å². The van der Waals surface area contributed by atoms with E-state index >= 15 is 0 Å². The lowest BCUT2D eigenvalue weighted by Crippen LogP contribution is -2.38. The fourth-order valence-corrected chi connectivity index (χ4v) is 3.55. The number of aromatic amines is 1. The number of nitrogens with one attached hydrogen (secondary N) is 3. The Labute approximate surface area is 152 Å². The molecule has 1 aromatic carbocycles. The minimum Gasteiger partial charge on any atom is -0.361 e. The third-order valence-electron chi connectivity index (χ3n) is 4.93. The predicted molar refractivity (Wildman–Crippen MR) is 103 cm³/mol. The Balaban J connectivity index is 1.31. The van der Waals surface area contributed by atoms with E-state index in [1.54, 1.807) is 7.05 Å². The van der Waals surface area contributed by atoms with Crippen LogP contribution in [0.4, 0.5) is 0 Å². The van der Waals surface area contributed by atoms with E-state index in [0.717, 1.165) is 50.0 Å². The van der Waals surface area contributed by atoms with Crippen molar-refractivity contribution in [1.82, 2.24) is 30.4 Å². The highest BCUT2D eigenvalue weighted by Gasteiger charge is 2.17. The van der Waals surface area contributed by atoms with E-state index in [1.165, 1.54) is 22.0 Å². The molecule has 2 aromatic heterocycles. The van der Waals surface area contributed by atoms with Gasteiger partial charge in [0.05, 0.1) is 6.54 Å². The van der Waals surface area contributed by atoms with Crippen molar-refractivity contribution in [3.05, 3.63) is 47.2 Å². The lowest BCUT2D eigenvalue weighted by atomic mass is 10.1. The third-order valence-corrected chi connectivity index (χ3v) is 4.93. The summed E-state index contributed by atoms with van der Waals surface area (Å²) in [6.45, 7) is 4.59. The van der Waals surface area contributed by atoms with E-state index in [1.807, 2.05) is 0 Å². The van der Waals surface area contributed by atoms with Crippen molar-refractivity contribution in [1.29, 1.82) is 0 Å². The highest BCUT2D eigenvalue weighted by molar-refractivity contribution is 5.84. The van der Waals surface area contributed by atoms with Crippen molar-refractivity contribution in [2.45, 2.75) is 39.3 Å². The summed E-state index contributed by atoms with van der Waals surface area (Å²) < 4.78 is 2.20. The van der Waals surface area contributed by atoms with Gasteiger partial charge in [-0.15, -0.1) is 10.2 Å². The van der Waals surface area contributed by atoms with Gasteiger partial charge in [-0.05, 0) is 37.0 Å². The van der Waals surface area contributed by atoms with Gasteiger partial charge in [-0.1, -0.05) is 12.1 Å². The number of H-pyrrole nitrogens is 1. The van der Waals surface area contributed by atoms with Crippen LogP contribution < -0.4 is 10.6 Å². The molecule has 3 N–H and O–H groups in total. The summed E-state index contributed by atoms with van der Waals surface area (Å²) in [6, 6.07) is 6.53. The number of rotatable bonds is 5. The van der Waals surface area contributed by atoms with Gasteiger partial charge in [-0.3, -0.25) is 4.99 Å². The normalized spacial score (nSPS) is 14.0. The maximum atomic E-state index is 4.30. The zero-order valence-corrected chi connectivity index (χ0v) is 15.3. The number of aromatic nitrogens is 4. The van der Waals surface area contributed by atoms with E-state index in [4.69, 9.17) is 0 Å². The molecule has 7 nitrogen and oxygen atoms in total. The highest BCUT2D eigenvalue weighted by Crippen LogP contribution is 2.19. The molecule has 0 amide bonds. The quantitative estimate of drug-likeness (QED) is 0.484. The van der Waals surface area contributed by atoms with Gasteiger partial charge in [0.2, 0.25) is 0 Å². The van der Waals surface area contributed by atoms with Crippen molar-refractivity contribution >= 4 is 16.9 Å². The maximum absolute atomic E-state index is 4.30. The van der Waals surface area contributed by atoms with Gasteiger partial charge >= 0.3 is 0 Å². The zero-order chi connectivity index (χ0) is 17.9. The molecule has 0 spiro atoms. The molecule has 4 rings (SSSR count). The molecular weight excluding hydrogens is 326 g/mol. The van der Waals surface area contributed by atoms with Gasteiger partial charge in [0, 0.05) is 43.7 Å². The molecule has 0 bridgehead atoms. The Morgan fingerprint density at radius 3 is 3.12 bits per heavy atom. The second-order valence-electron chi connectivity index (χ2n) is 6.75. The van der Waals surface area contributed by atoms with Crippen molar-refractivity contribution in [3.8, 4) is 0 Å². The summed E-state index contributed by atoms with van der Waals surface area (Å²) in [5.74, 6) is 2.86. The van der Waals surface area contributed by atoms with Crippen LogP contribution in [0.3, 0.4) is 0 Å². The van der Waals surface area contributed by atoms with E-state index in [9.17, 15) is 0 Å². The summed E-state index contributed by atoms with van der Waals surface area (Å²) in [6.07, 6.45) is 5.23. The van der Waals surface area contributed by atoms with Crippen LogP contribution in [-0.2, 0) is 25.9 Å². The van der Waals surface area contributed by atoms with Crippen LogP contribution in [0.25, 0.3) is 10.9 Å². The Morgan fingerprint density at radius 1 is 1.31 bits per heavy atom. The first-order valence-electron chi connectivity index (χ1n) is 9.16. The molecule has 0 atom stereocenters. The molecule has 0 saturated heterocycles. The van der Waals surface area contributed by atoms with Crippen LogP contribution in [0, 0.1) is 6.92 Å². The third kappa shape index (κ3) is 3.29. The Bertz CT molecular complexity index is 935. The first-order chi connectivity index (χ1) is 12.7. The zero-order valence-electron chi connectivity index (χ0n) is 15.3. The number of benzene rings is 1. The molecule has 0 radical (unpaired) electrons. The average molecular weight is 351 g/mol. The van der Waals surface area contributed by atoms with Gasteiger partial charge in [0.15, 0.2) is 11.8 Å². The molecule has 0 saturated carbocycles. The van der Waals surface area contributed by atoms with E-state index in [0.29, 0.717) is 6.54 Å². The van der Waals surface area contributed by atoms with E-state index in [2.05, 4.69) is 66.7 Å². The summed E-state index contributed by atoms with van der Waals surface area (Å²) >= 11 is 0. The van der Waals surface area contributed by atoms with Gasteiger partial charge in [-0.2, -0.15) is 0 Å². The monoisotopic (exact) mass is 351 g/mol. The number of hydrogen-bond donors (Lipinski definition) is 3. The number of aliphatic imine (C=N–C) groups is 1. The fourth-order valence-electron chi connectivity index (χ4n) is 3.55. The number of hydrogen-bond acceptors (Lipinski definition) is 3. The predicted octanol–water partition coefficient (Wildman–Crippen LogP) is 1.92. The molecule has 1 aliphatic rings. The molecule has 26 heavy (non-hydrogen) atoms. The minimum atomic E-state index is 0.638. The SMILES string of the molecule is CN=C(NCCc1c[nH]c2cc(C)ccc12)NCc1nnc2n1CCC2. The molecule has 0 aliphatic carbocycles. The first-order valence-corrected chi connectivity index (χ1v) is 9.16. The van der Waals surface area contributed by atoms with Crippen LogP contribution in [0.1, 0.15) is 29.2 Å². The molecule has 3 aromatic rings. The molecule has 136 valence electrons. The molecule has 0 fully saturated rings. The van der Waals surface area contributed by atoms with Crippen LogP contribution >= 0.6 is 0 Å². The van der Waals surface area contributed by atoms with Gasteiger partial charge in [-0.25, -0.2) is 0 Å². The van der Waals surface area contributed by atoms with E-state index in [-0.39, 0.29) is 0 Å². The highest BCUT2D eigenvalue weighted by atomic mass is 15.3. The van der Waals surface area contributed by atoms with Crippen molar-refractivity contribution in [2.75, 3.05) is 13.6 Å². The van der Waals surface area contributed by atoms with Crippen LogP contribution in [0.15, 0.2) is 29.4 Å². The van der Waals surface area contributed by atoms with Gasteiger partial charge in [0.25, 0.3) is 0 Å². The second-order valence-corrected chi connectivity index (χ2v) is 6.75. The molecule has 3 heterocycles. The summed E-state index contributed by atoms with van der Waals surface area (Å²) in [5, 5.41) is 16.5. The molecule has 1 aliphatic heterocycles. The van der Waals surface area contributed by atoms with Gasteiger partial charge in [0.1, 0.15) is 5.82 Å². The summed E-state index contributed by atoms with van der Waals surface area (Å²) in [7, 11) is 1.79. The standard InChI is InChI=1S/C19H25N7/c1-13-5-6-15-14(11-22-16(15)10-13)7-8-21-19(20-2)23-12-18-25-24-17-4-3-9-26(17)18/h5-6,10-11,22H,3-4,7-9,12H2,1-2H3,(H2,20,21,23). The first kappa shape index (κ1) is 16.6. The molecule has 0 unspecified atom stereocenters. The Morgan fingerprint density at radius 2 is 2.23 bits per heavy atom. The number of nitrogens with zero attached hydrogens (tertiary/aromatic N) is 4. The Kier molecular flexibility index (Phi) is 4.60. The van der Waals surface area contributed by atoms with Crippen molar-refractivity contribution < 1.29 is 0 Å². The van der Waals surface area contributed by atoms with Crippen LogP contribution in [-0.4, -0.2) is 39.3 Å². The lowest BCUT2D eigenvalue weighted by molar-refractivity contribution is 0.662. The summed E-state index contributed by atoms with van der Waals surface area (Å²) in [5.41, 5.74) is 3.79. The van der Waals surface area contributed by atoms with Crippen molar-refractivity contribution in [2.24, 2.45) is 4.99 Å². The van der Waals surface area contributed by atoms with Crippen molar-refractivity contribution in [3.63, 3.8) is 0 Å². The number of aryl methyl sites for hydroxylation is 2. The molecule has 7 heteroatoms. The fraction of sp³-hybridized carbons (Fsp3) is 0.421. The summed E-state index contributed by atoms with van der Waals surface area (Å²) in [4.78, 5) is 7.66. The number of guanidine groups is 1. The smallest absolute Gasteiger partial charge is 0.191 e. The maximum Gasteiger partial charge on any atom is 0.191 e. The number of fused-ring (bicyclic) bond motifs is 2. The second kappa shape index (κ2) is 7.19. The van der Waals surface area contributed by atoms with E-state index < -0.39 is 0 Å². The average Bonchev–Trinajstić information content (AvgIpc) is 3.34. The lowest BCUT2D eigenvalue weighted by Gasteiger charge is -2.11. The minimum absolute atomic E-state index is 0.638. The molecular formula is C19H25N7.